The van der Waals surface area contributed by atoms with Crippen LogP contribution in [0.4, 0.5) is 5.69 Å². The molecule has 1 fully saturated rings. The lowest BCUT2D eigenvalue weighted by atomic mass is 10.0. The predicted octanol–water partition coefficient (Wildman–Crippen LogP) is 0.991. The van der Waals surface area contributed by atoms with Crippen LogP contribution in [0.5, 0.6) is 0 Å². The molecule has 1 saturated heterocycles. The SMILES string of the molecule is O=CC1CC(=O)N1c1ccccc1. The Morgan fingerprint density at radius 2 is 2.00 bits per heavy atom. The van der Waals surface area contributed by atoms with Crippen LogP contribution in [0.25, 0.3) is 0 Å². The van der Waals surface area contributed by atoms with E-state index in [1.54, 1.807) is 0 Å². The van der Waals surface area contributed by atoms with Crippen molar-refractivity contribution in [3.63, 3.8) is 0 Å². The topological polar surface area (TPSA) is 37.4 Å². The minimum Gasteiger partial charge on any atom is -0.302 e. The van der Waals surface area contributed by atoms with Gasteiger partial charge in [0.15, 0.2) is 0 Å². The zero-order valence-corrected chi connectivity index (χ0v) is 7.01. The summed E-state index contributed by atoms with van der Waals surface area (Å²) < 4.78 is 0. The monoisotopic (exact) mass is 175 g/mol. The van der Waals surface area contributed by atoms with Crippen LogP contribution in [-0.2, 0) is 9.59 Å². The van der Waals surface area contributed by atoms with Gasteiger partial charge in [-0.05, 0) is 12.1 Å². The summed E-state index contributed by atoms with van der Waals surface area (Å²) in [5, 5.41) is 0. The number of carbonyl (C=O) groups is 2. The Balaban J connectivity index is 2.26. The summed E-state index contributed by atoms with van der Waals surface area (Å²) in [6.45, 7) is 0. The largest absolute Gasteiger partial charge is 0.302 e. The highest BCUT2D eigenvalue weighted by molar-refractivity contribution is 6.06. The van der Waals surface area contributed by atoms with Gasteiger partial charge in [0.2, 0.25) is 5.91 Å². The number of benzene rings is 1. The summed E-state index contributed by atoms with van der Waals surface area (Å²) in [5.41, 5.74) is 0.802. The molecule has 1 unspecified atom stereocenters. The Morgan fingerprint density at radius 1 is 1.31 bits per heavy atom. The molecule has 0 radical (unpaired) electrons. The second kappa shape index (κ2) is 3.01. The molecule has 0 N–H and O–H groups in total. The number of rotatable bonds is 2. The minimum atomic E-state index is -0.255. The molecule has 1 heterocycles. The third-order valence-corrected chi connectivity index (χ3v) is 2.18. The summed E-state index contributed by atoms with van der Waals surface area (Å²) in [5.74, 6) is 0.0169. The number of anilines is 1. The highest BCUT2D eigenvalue weighted by Crippen LogP contribution is 2.25. The van der Waals surface area contributed by atoms with E-state index in [0.717, 1.165) is 12.0 Å². The molecular weight excluding hydrogens is 166 g/mol. The first-order valence-corrected chi connectivity index (χ1v) is 4.15. The van der Waals surface area contributed by atoms with Crippen molar-refractivity contribution < 1.29 is 9.59 Å². The van der Waals surface area contributed by atoms with E-state index in [-0.39, 0.29) is 11.9 Å². The van der Waals surface area contributed by atoms with Crippen molar-refractivity contribution in [2.24, 2.45) is 0 Å². The van der Waals surface area contributed by atoms with Crippen LogP contribution in [0.3, 0.4) is 0 Å². The van der Waals surface area contributed by atoms with Crippen molar-refractivity contribution >= 4 is 17.9 Å². The third-order valence-electron chi connectivity index (χ3n) is 2.18. The third kappa shape index (κ3) is 1.22. The zero-order valence-electron chi connectivity index (χ0n) is 7.01. The quantitative estimate of drug-likeness (QED) is 0.496. The smallest absolute Gasteiger partial charge is 0.230 e. The number of amides is 1. The van der Waals surface area contributed by atoms with E-state index in [0.29, 0.717) is 6.42 Å². The highest BCUT2D eigenvalue weighted by atomic mass is 16.2. The van der Waals surface area contributed by atoms with Crippen molar-refractivity contribution in [1.29, 1.82) is 0 Å². The van der Waals surface area contributed by atoms with E-state index in [2.05, 4.69) is 0 Å². The number of nitrogens with zero attached hydrogens (tertiary/aromatic N) is 1. The van der Waals surface area contributed by atoms with Crippen LogP contribution in [0, 0.1) is 0 Å². The maximum absolute atomic E-state index is 11.2. The van der Waals surface area contributed by atoms with Crippen LogP contribution in [0.1, 0.15) is 6.42 Å². The van der Waals surface area contributed by atoms with Gasteiger partial charge in [0.25, 0.3) is 0 Å². The number of carbonyl (C=O) groups excluding carboxylic acids is 2. The van der Waals surface area contributed by atoms with Crippen molar-refractivity contribution in [1.82, 2.24) is 0 Å². The summed E-state index contributed by atoms with van der Waals surface area (Å²) in [7, 11) is 0. The zero-order chi connectivity index (χ0) is 9.26. The fourth-order valence-electron chi connectivity index (χ4n) is 1.47. The maximum Gasteiger partial charge on any atom is 0.230 e. The molecule has 0 aliphatic carbocycles. The first-order valence-electron chi connectivity index (χ1n) is 4.15. The lowest BCUT2D eigenvalue weighted by molar-refractivity contribution is -0.127. The Kier molecular flexibility index (Phi) is 1.85. The molecule has 0 bridgehead atoms. The summed E-state index contributed by atoms with van der Waals surface area (Å²) in [4.78, 5) is 23.2. The molecule has 3 nitrogen and oxygen atoms in total. The molecular formula is C10H9NO2. The lowest BCUT2D eigenvalue weighted by Crippen LogP contribution is -2.53. The maximum atomic E-state index is 11.2. The fourth-order valence-corrected chi connectivity index (χ4v) is 1.47. The minimum absolute atomic E-state index is 0.0169. The Labute approximate surface area is 76.0 Å². The summed E-state index contributed by atoms with van der Waals surface area (Å²) in [6, 6.07) is 8.98. The molecule has 0 spiro atoms. The standard InChI is InChI=1S/C10H9NO2/c12-7-9-6-10(13)11(9)8-4-2-1-3-5-8/h1-5,7,9H,6H2. The number of hydrogen-bond donors (Lipinski definition) is 0. The molecule has 0 aromatic heterocycles. The van der Waals surface area contributed by atoms with Crippen LogP contribution < -0.4 is 4.90 Å². The van der Waals surface area contributed by atoms with E-state index >= 15 is 0 Å². The number of hydrogen-bond acceptors (Lipinski definition) is 2. The molecule has 1 amide bonds. The number of aldehydes is 1. The summed E-state index contributed by atoms with van der Waals surface area (Å²) >= 11 is 0. The highest BCUT2D eigenvalue weighted by Gasteiger charge is 2.36. The molecule has 2 rings (SSSR count). The normalized spacial score (nSPS) is 21.1. The number of β-lactam (4-membered cyclic amide) rings is 1. The van der Waals surface area contributed by atoms with Gasteiger partial charge < -0.3 is 9.69 Å². The lowest BCUT2D eigenvalue weighted by Gasteiger charge is -2.36. The van der Waals surface area contributed by atoms with E-state index < -0.39 is 0 Å². The van der Waals surface area contributed by atoms with Crippen molar-refractivity contribution in [2.45, 2.75) is 12.5 Å². The van der Waals surface area contributed by atoms with Crippen LogP contribution in [0.2, 0.25) is 0 Å². The van der Waals surface area contributed by atoms with Gasteiger partial charge in [-0.3, -0.25) is 4.79 Å². The van der Waals surface area contributed by atoms with Gasteiger partial charge in [-0.1, -0.05) is 18.2 Å². The van der Waals surface area contributed by atoms with Gasteiger partial charge in [0.05, 0.1) is 6.42 Å². The van der Waals surface area contributed by atoms with Crippen LogP contribution in [-0.4, -0.2) is 18.2 Å². The van der Waals surface area contributed by atoms with Crippen molar-refractivity contribution in [2.75, 3.05) is 4.90 Å². The molecule has 0 saturated carbocycles. The Hall–Kier alpha value is -1.64. The molecule has 1 atom stereocenters. The van der Waals surface area contributed by atoms with Gasteiger partial charge in [-0.15, -0.1) is 0 Å². The van der Waals surface area contributed by atoms with Gasteiger partial charge in [-0.2, -0.15) is 0 Å². The van der Waals surface area contributed by atoms with Gasteiger partial charge >= 0.3 is 0 Å². The molecule has 1 aromatic rings. The molecule has 66 valence electrons. The molecule has 1 aromatic carbocycles. The summed E-state index contributed by atoms with van der Waals surface area (Å²) in [6.07, 6.45) is 1.16. The second-order valence-electron chi connectivity index (χ2n) is 3.01. The second-order valence-corrected chi connectivity index (χ2v) is 3.01. The molecule has 1 aliphatic rings. The average molecular weight is 175 g/mol. The molecule has 3 heteroatoms. The van der Waals surface area contributed by atoms with Gasteiger partial charge in [0, 0.05) is 5.69 Å². The predicted molar refractivity (Wildman–Crippen MR) is 48.4 cm³/mol. The first-order chi connectivity index (χ1) is 6.33. The van der Waals surface area contributed by atoms with Crippen LogP contribution in [0.15, 0.2) is 30.3 Å². The van der Waals surface area contributed by atoms with E-state index in [1.807, 2.05) is 30.3 Å². The van der Waals surface area contributed by atoms with Gasteiger partial charge in [-0.25, -0.2) is 0 Å². The first kappa shape index (κ1) is 7.98. The molecule has 13 heavy (non-hydrogen) atoms. The van der Waals surface area contributed by atoms with E-state index in [4.69, 9.17) is 0 Å². The van der Waals surface area contributed by atoms with E-state index in [9.17, 15) is 9.59 Å². The number of para-hydroxylation sites is 1. The van der Waals surface area contributed by atoms with E-state index in [1.165, 1.54) is 4.90 Å². The van der Waals surface area contributed by atoms with Crippen LogP contribution >= 0.6 is 0 Å². The van der Waals surface area contributed by atoms with Crippen molar-refractivity contribution in [3.05, 3.63) is 30.3 Å². The Bertz CT molecular complexity index is 334. The van der Waals surface area contributed by atoms with Crippen molar-refractivity contribution in [3.8, 4) is 0 Å². The van der Waals surface area contributed by atoms with Gasteiger partial charge in [0.1, 0.15) is 12.3 Å². The average Bonchev–Trinajstić information content (AvgIpc) is 2.15. The Morgan fingerprint density at radius 3 is 2.54 bits per heavy atom. The molecule has 1 aliphatic heterocycles. The fraction of sp³-hybridized carbons (Fsp3) is 0.200.